The Morgan fingerprint density at radius 2 is 1.96 bits per heavy atom. The van der Waals surface area contributed by atoms with Crippen LogP contribution in [0.4, 0.5) is 0 Å². The molecule has 1 aliphatic rings. The molecule has 2 aromatic carbocycles. The summed E-state index contributed by atoms with van der Waals surface area (Å²) >= 11 is 3.52. The zero-order valence-electron chi connectivity index (χ0n) is 13.5. The highest BCUT2D eigenvalue weighted by atomic mass is 79.9. The van der Waals surface area contributed by atoms with Crippen molar-refractivity contribution >= 4 is 21.8 Å². The quantitative estimate of drug-likeness (QED) is 0.728. The molecule has 1 heterocycles. The highest BCUT2D eigenvalue weighted by Crippen LogP contribution is 2.42. The van der Waals surface area contributed by atoms with Gasteiger partial charge in [-0.2, -0.15) is 5.10 Å². The molecule has 0 radical (unpaired) electrons. The number of nitrogens with zero attached hydrogens (tertiary/aromatic N) is 3. The molecule has 0 atom stereocenters. The Morgan fingerprint density at radius 1 is 1.16 bits per heavy atom. The van der Waals surface area contributed by atoms with E-state index in [9.17, 15) is 4.79 Å². The summed E-state index contributed by atoms with van der Waals surface area (Å²) in [5, 5.41) is 7.34. The Balaban J connectivity index is 1.54. The van der Waals surface area contributed by atoms with Crippen LogP contribution in [0.2, 0.25) is 0 Å². The average molecular weight is 397 g/mol. The Hall–Kier alpha value is -2.47. The maximum Gasteiger partial charge on any atom is 0.251 e. The number of nitrogens with one attached hydrogen (secondary N) is 1. The van der Waals surface area contributed by atoms with E-state index in [4.69, 9.17) is 0 Å². The van der Waals surface area contributed by atoms with Gasteiger partial charge in [-0.05, 0) is 61.2 Å². The van der Waals surface area contributed by atoms with Crippen molar-refractivity contribution in [3.05, 3.63) is 76.8 Å². The van der Waals surface area contributed by atoms with Crippen molar-refractivity contribution in [1.82, 2.24) is 20.1 Å². The van der Waals surface area contributed by atoms with Gasteiger partial charge < -0.3 is 5.32 Å². The van der Waals surface area contributed by atoms with Crippen molar-refractivity contribution < 1.29 is 4.79 Å². The van der Waals surface area contributed by atoms with Gasteiger partial charge in [0.2, 0.25) is 0 Å². The predicted octanol–water partition coefficient (Wildman–Crippen LogP) is 3.84. The zero-order chi connectivity index (χ0) is 17.3. The number of carbonyl (C=O) groups is 1. The van der Waals surface area contributed by atoms with Crippen molar-refractivity contribution in [3.8, 4) is 5.69 Å². The molecule has 1 aromatic heterocycles. The van der Waals surface area contributed by atoms with Gasteiger partial charge in [0, 0.05) is 10.0 Å². The molecule has 1 N–H and O–H groups in total. The second-order valence-electron chi connectivity index (χ2n) is 6.29. The third kappa shape index (κ3) is 3.09. The van der Waals surface area contributed by atoms with E-state index in [1.165, 1.54) is 6.33 Å². The second kappa shape index (κ2) is 6.44. The Morgan fingerprint density at radius 3 is 2.56 bits per heavy atom. The molecule has 0 spiro atoms. The predicted molar refractivity (Wildman–Crippen MR) is 98.5 cm³/mol. The van der Waals surface area contributed by atoms with E-state index in [2.05, 4.69) is 43.5 Å². The lowest BCUT2D eigenvalue weighted by Gasteiger charge is -2.43. The van der Waals surface area contributed by atoms with Crippen molar-refractivity contribution in [3.63, 3.8) is 0 Å². The molecule has 25 heavy (non-hydrogen) atoms. The molecule has 1 fully saturated rings. The number of hydrogen-bond donors (Lipinski definition) is 1. The smallest absolute Gasteiger partial charge is 0.251 e. The molecule has 3 aromatic rings. The maximum atomic E-state index is 12.8. The Kier molecular flexibility index (Phi) is 4.13. The summed E-state index contributed by atoms with van der Waals surface area (Å²) in [4.78, 5) is 16.7. The minimum atomic E-state index is -0.258. The molecule has 1 amide bonds. The van der Waals surface area contributed by atoms with E-state index in [0.29, 0.717) is 5.56 Å². The highest BCUT2D eigenvalue weighted by Gasteiger charge is 2.40. The number of hydrogen-bond acceptors (Lipinski definition) is 3. The minimum absolute atomic E-state index is 0.0511. The van der Waals surface area contributed by atoms with E-state index in [-0.39, 0.29) is 11.4 Å². The van der Waals surface area contributed by atoms with Crippen LogP contribution in [0.3, 0.4) is 0 Å². The largest absolute Gasteiger partial charge is 0.343 e. The topological polar surface area (TPSA) is 59.8 Å². The third-order valence-corrected chi connectivity index (χ3v) is 5.24. The van der Waals surface area contributed by atoms with Crippen LogP contribution in [-0.2, 0) is 5.54 Å². The number of benzene rings is 2. The molecule has 4 rings (SSSR count). The molecule has 1 aliphatic carbocycles. The fourth-order valence-corrected chi connectivity index (χ4v) is 3.60. The average Bonchev–Trinajstić information content (AvgIpc) is 3.12. The lowest BCUT2D eigenvalue weighted by molar-refractivity contribution is 0.0823. The zero-order valence-corrected chi connectivity index (χ0v) is 15.1. The van der Waals surface area contributed by atoms with Crippen molar-refractivity contribution in [1.29, 1.82) is 0 Å². The van der Waals surface area contributed by atoms with Crippen LogP contribution < -0.4 is 5.32 Å². The van der Waals surface area contributed by atoms with E-state index in [0.717, 1.165) is 35.0 Å². The van der Waals surface area contributed by atoms with Crippen LogP contribution in [0.25, 0.3) is 5.69 Å². The van der Waals surface area contributed by atoms with E-state index >= 15 is 0 Å². The van der Waals surface area contributed by atoms with E-state index < -0.39 is 0 Å². The normalized spacial score (nSPS) is 15.4. The van der Waals surface area contributed by atoms with Gasteiger partial charge in [-0.1, -0.05) is 28.1 Å². The van der Waals surface area contributed by atoms with Crippen LogP contribution >= 0.6 is 15.9 Å². The fourth-order valence-electron chi connectivity index (χ4n) is 3.20. The molecule has 0 bridgehead atoms. The Bertz CT molecular complexity index is 886. The molecule has 6 heteroatoms. The monoisotopic (exact) mass is 396 g/mol. The van der Waals surface area contributed by atoms with Crippen molar-refractivity contribution in [2.24, 2.45) is 0 Å². The van der Waals surface area contributed by atoms with Crippen LogP contribution in [0.15, 0.2) is 65.7 Å². The number of carbonyl (C=O) groups excluding carboxylic acids is 1. The van der Waals surface area contributed by atoms with Crippen molar-refractivity contribution in [2.45, 2.75) is 24.8 Å². The standard InChI is InChI=1S/C19H17BrN4O/c20-16-4-1-3-15(11-16)19(9-2-10-19)23-18(25)14-5-7-17(8-6-14)24-13-21-12-22-24/h1,3-8,11-13H,2,9-10H2,(H,23,25). The first-order chi connectivity index (χ1) is 12.2. The van der Waals surface area contributed by atoms with Gasteiger partial charge in [0.05, 0.1) is 11.2 Å². The first-order valence-electron chi connectivity index (χ1n) is 8.20. The lowest BCUT2D eigenvalue weighted by atomic mass is 9.71. The van der Waals surface area contributed by atoms with E-state index in [1.54, 1.807) is 11.0 Å². The van der Waals surface area contributed by atoms with Gasteiger partial charge in [0.15, 0.2) is 0 Å². The van der Waals surface area contributed by atoms with Gasteiger partial charge in [-0.3, -0.25) is 4.79 Å². The summed E-state index contributed by atoms with van der Waals surface area (Å²) in [6.07, 6.45) is 6.17. The molecule has 0 unspecified atom stereocenters. The highest BCUT2D eigenvalue weighted by molar-refractivity contribution is 9.10. The summed E-state index contributed by atoms with van der Waals surface area (Å²) in [5.74, 6) is -0.0511. The minimum Gasteiger partial charge on any atom is -0.343 e. The van der Waals surface area contributed by atoms with Gasteiger partial charge >= 0.3 is 0 Å². The molecule has 5 nitrogen and oxygen atoms in total. The van der Waals surface area contributed by atoms with Gasteiger partial charge in [0.25, 0.3) is 5.91 Å². The molecular formula is C19H17BrN4O. The van der Waals surface area contributed by atoms with E-state index in [1.807, 2.05) is 36.4 Å². The summed E-state index contributed by atoms with van der Waals surface area (Å²) in [6.45, 7) is 0. The number of amides is 1. The third-order valence-electron chi connectivity index (χ3n) is 4.75. The van der Waals surface area contributed by atoms with Crippen LogP contribution in [0.1, 0.15) is 35.2 Å². The fraction of sp³-hybridized carbons (Fsp3) is 0.211. The first-order valence-corrected chi connectivity index (χ1v) is 8.99. The van der Waals surface area contributed by atoms with Crippen molar-refractivity contribution in [2.75, 3.05) is 0 Å². The summed E-state index contributed by atoms with van der Waals surface area (Å²) in [7, 11) is 0. The number of aromatic nitrogens is 3. The first kappa shape index (κ1) is 16.0. The van der Waals surface area contributed by atoms with Gasteiger partial charge in [-0.25, -0.2) is 9.67 Å². The van der Waals surface area contributed by atoms with Crippen LogP contribution in [0, 0.1) is 0 Å². The number of halogens is 1. The van der Waals surface area contributed by atoms with Gasteiger partial charge in [-0.15, -0.1) is 0 Å². The van der Waals surface area contributed by atoms with Crippen LogP contribution in [0.5, 0.6) is 0 Å². The molecular weight excluding hydrogens is 380 g/mol. The molecule has 0 aliphatic heterocycles. The van der Waals surface area contributed by atoms with Gasteiger partial charge in [0.1, 0.15) is 12.7 Å². The SMILES string of the molecule is O=C(NC1(c2cccc(Br)c2)CCC1)c1ccc(-n2cncn2)cc1. The molecule has 1 saturated carbocycles. The molecule has 0 saturated heterocycles. The van der Waals surface area contributed by atoms with Crippen LogP contribution in [-0.4, -0.2) is 20.7 Å². The molecule has 126 valence electrons. The summed E-state index contributed by atoms with van der Waals surface area (Å²) in [5.41, 5.74) is 2.41. The Labute approximate surface area is 154 Å². The number of rotatable bonds is 4. The summed E-state index contributed by atoms with van der Waals surface area (Å²) in [6, 6.07) is 15.6. The summed E-state index contributed by atoms with van der Waals surface area (Å²) < 4.78 is 2.69. The second-order valence-corrected chi connectivity index (χ2v) is 7.20. The lowest BCUT2D eigenvalue weighted by Crippen LogP contribution is -2.50. The maximum absolute atomic E-state index is 12.8.